The first-order chi connectivity index (χ1) is 6.02. The van der Waals surface area contributed by atoms with Crippen molar-refractivity contribution >= 4 is 5.97 Å². The van der Waals surface area contributed by atoms with E-state index in [1.54, 1.807) is 13.8 Å². The Morgan fingerprint density at radius 3 is 2.62 bits per heavy atom. The van der Waals surface area contributed by atoms with Crippen LogP contribution in [-0.4, -0.2) is 12.6 Å². The summed E-state index contributed by atoms with van der Waals surface area (Å²) in [4.78, 5) is 11.0. The number of nitrogens with zero attached hydrogens (tertiary/aromatic N) is 1. The van der Waals surface area contributed by atoms with Gasteiger partial charge in [0, 0.05) is 6.42 Å². The Labute approximate surface area is 79.7 Å². The number of nitriles is 1. The molecular weight excluding hydrogens is 166 g/mol. The normalized spacial score (nSPS) is 10.6. The van der Waals surface area contributed by atoms with Crippen molar-refractivity contribution < 1.29 is 9.53 Å². The van der Waals surface area contributed by atoms with E-state index in [4.69, 9.17) is 10.00 Å². The summed E-state index contributed by atoms with van der Waals surface area (Å²) in [5.41, 5.74) is -0.568. The Morgan fingerprint density at radius 2 is 2.15 bits per heavy atom. The third kappa shape index (κ3) is 6.15. The van der Waals surface area contributed by atoms with Gasteiger partial charge in [-0.25, -0.2) is 0 Å². The smallest absolute Gasteiger partial charge is 0.305 e. The number of esters is 1. The molecule has 0 saturated carbocycles. The number of ether oxygens (including phenoxy) is 1. The largest absolute Gasteiger partial charge is 0.464 e. The van der Waals surface area contributed by atoms with E-state index in [-0.39, 0.29) is 12.6 Å². The summed E-state index contributed by atoms with van der Waals surface area (Å²) < 4.78 is 4.94. The third-order valence-corrected chi connectivity index (χ3v) is 1.63. The van der Waals surface area contributed by atoms with Crippen LogP contribution in [0, 0.1) is 16.7 Å². The second-order valence-electron chi connectivity index (χ2n) is 3.76. The van der Waals surface area contributed by atoms with Gasteiger partial charge in [0.2, 0.25) is 0 Å². The van der Waals surface area contributed by atoms with Crippen LogP contribution in [0.3, 0.4) is 0 Å². The summed E-state index contributed by atoms with van der Waals surface area (Å²) in [7, 11) is 0. The lowest BCUT2D eigenvalue weighted by Gasteiger charge is -2.14. The lowest BCUT2D eigenvalue weighted by molar-refractivity contribution is -0.145. The Bertz CT molecular complexity index is 203. The average molecular weight is 183 g/mol. The first-order valence-electron chi connectivity index (χ1n) is 4.58. The molecule has 0 atom stereocenters. The van der Waals surface area contributed by atoms with Gasteiger partial charge in [-0.15, -0.1) is 0 Å². The van der Waals surface area contributed by atoms with Crippen molar-refractivity contribution in [3.8, 4) is 6.07 Å². The zero-order valence-electron chi connectivity index (χ0n) is 8.59. The molecule has 0 aromatic carbocycles. The van der Waals surface area contributed by atoms with Gasteiger partial charge >= 0.3 is 5.97 Å². The second-order valence-corrected chi connectivity index (χ2v) is 3.76. The highest BCUT2D eigenvalue weighted by Gasteiger charge is 2.18. The summed E-state index contributed by atoms with van der Waals surface area (Å²) in [6.45, 7) is 5.71. The van der Waals surface area contributed by atoms with Gasteiger partial charge in [0.25, 0.3) is 0 Å². The van der Waals surface area contributed by atoms with Gasteiger partial charge < -0.3 is 4.74 Å². The van der Waals surface area contributed by atoms with Crippen LogP contribution in [0.25, 0.3) is 0 Å². The van der Waals surface area contributed by atoms with Crippen molar-refractivity contribution in [2.45, 2.75) is 40.0 Å². The minimum atomic E-state index is -0.568. The van der Waals surface area contributed by atoms with E-state index in [0.29, 0.717) is 6.42 Å². The standard InChI is InChI=1S/C10H17NO2/c1-4-5-6-9(12)13-8-10(2,3)7-11/h4-6,8H2,1-3H3. The Balaban J connectivity index is 3.65. The van der Waals surface area contributed by atoms with E-state index in [0.717, 1.165) is 12.8 Å². The maximum absolute atomic E-state index is 11.0. The molecule has 0 bridgehead atoms. The molecule has 0 amide bonds. The molecule has 0 heterocycles. The van der Waals surface area contributed by atoms with E-state index in [1.807, 2.05) is 6.92 Å². The summed E-state index contributed by atoms with van der Waals surface area (Å²) in [5, 5.41) is 8.64. The van der Waals surface area contributed by atoms with Crippen LogP contribution < -0.4 is 0 Å². The van der Waals surface area contributed by atoms with E-state index < -0.39 is 5.41 Å². The lowest BCUT2D eigenvalue weighted by atomic mass is 9.98. The summed E-state index contributed by atoms with van der Waals surface area (Å²) >= 11 is 0. The number of rotatable bonds is 5. The molecule has 0 fully saturated rings. The highest BCUT2D eigenvalue weighted by molar-refractivity contribution is 5.69. The molecule has 3 heteroatoms. The average Bonchev–Trinajstić information content (AvgIpc) is 2.11. The summed E-state index contributed by atoms with van der Waals surface area (Å²) in [5.74, 6) is -0.204. The lowest BCUT2D eigenvalue weighted by Crippen LogP contribution is -2.19. The van der Waals surface area contributed by atoms with Crippen LogP contribution in [0.1, 0.15) is 40.0 Å². The molecular formula is C10H17NO2. The SMILES string of the molecule is CCCCC(=O)OCC(C)(C)C#N. The maximum Gasteiger partial charge on any atom is 0.305 e. The molecule has 0 aliphatic rings. The van der Waals surface area contributed by atoms with Gasteiger partial charge in [-0.05, 0) is 20.3 Å². The molecule has 0 N–H and O–H groups in total. The van der Waals surface area contributed by atoms with E-state index in [1.165, 1.54) is 0 Å². The number of hydrogen-bond donors (Lipinski definition) is 0. The molecule has 0 saturated heterocycles. The van der Waals surface area contributed by atoms with Crippen LogP contribution in [0.5, 0.6) is 0 Å². The van der Waals surface area contributed by atoms with Gasteiger partial charge in [0.1, 0.15) is 6.61 Å². The Hall–Kier alpha value is -1.04. The number of carbonyl (C=O) groups excluding carboxylic acids is 1. The Morgan fingerprint density at radius 1 is 1.54 bits per heavy atom. The van der Waals surface area contributed by atoms with Crippen molar-refractivity contribution in [2.75, 3.05) is 6.61 Å². The number of carbonyl (C=O) groups is 1. The van der Waals surface area contributed by atoms with Crippen molar-refractivity contribution in [3.63, 3.8) is 0 Å². The molecule has 74 valence electrons. The molecule has 0 unspecified atom stereocenters. The monoisotopic (exact) mass is 183 g/mol. The van der Waals surface area contributed by atoms with Crippen LogP contribution >= 0.6 is 0 Å². The third-order valence-electron chi connectivity index (χ3n) is 1.63. The van der Waals surface area contributed by atoms with E-state index in [9.17, 15) is 4.79 Å². The molecule has 0 radical (unpaired) electrons. The first kappa shape index (κ1) is 12.0. The fourth-order valence-electron chi connectivity index (χ4n) is 0.686. The van der Waals surface area contributed by atoms with Gasteiger partial charge in [-0.3, -0.25) is 4.79 Å². The van der Waals surface area contributed by atoms with E-state index >= 15 is 0 Å². The molecule has 0 aliphatic carbocycles. The molecule has 0 aromatic heterocycles. The van der Waals surface area contributed by atoms with Crippen LogP contribution in [0.4, 0.5) is 0 Å². The fourth-order valence-corrected chi connectivity index (χ4v) is 0.686. The molecule has 0 aromatic rings. The molecule has 0 spiro atoms. The topological polar surface area (TPSA) is 50.1 Å². The van der Waals surface area contributed by atoms with Gasteiger partial charge in [-0.2, -0.15) is 5.26 Å². The molecule has 3 nitrogen and oxygen atoms in total. The highest BCUT2D eigenvalue weighted by atomic mass is 16.5. The van der Waals surface area contributed by atoms with E-state index in [2.05, 4.69) is 6.07 Å². The number of unbranched alkanes of at least 4 members (excludes halogenated alkanes) is 1. The molecule has 0 aliphatic heterocycles. The quantitative estimate of drug-likeness (QED) is 0.614. The van der Waals surface area contributed by atoms with Crippen molar-refractivity contribution in [1.82, 2.24) is 0 Å². The zero-order chi connectivity index (χ0) is 10.3. The van der Waals surface area contributed by atoms with Gasteiger partial charge in [0.05, 0.1) is 11.5 Å². The summed E-state index contributed by atoms with van der Waals surface area (Å²) in [6, 6.07) is 2.08. The second kappa shape index (κ2) is 5.58. The van der Waals surface area contributed by atoms with Crippen LogP contribution in [-0.2, 0) is 9.53 Å². The predicted molar refractivity (Wildman–Crippen MR) is 49.9 cm³/mol. The minimum Gasteiger partial charge on any atom is -0.464 e. The van der Waals surface area contributed by atoms with Crippen molar-refractivity contribution in [3.05, 3.63) is 0 Å². The Kier molecular flexibility index (Phi) is 5.13. The van der Waals surface area contributed by atoms with Gasteiger partial charge in [0.15, 0.2) is 0 Å². The molecule has 13 heavy (non-hydrogen) atoms. The summed E-state index contributed by atoms with van der Waals surface area (Å²) in [6.07, 6.45) is 2.29. The zero-order valence-corrected chi connectivity index (χ0v) is 8.59. The highest BCUT2D eigenvalue weighted by Crippen LogP contribution is 2.13. The minimum absolute atomic E-state index is 0.187. The van der Waals surface area contributed by atoms with Crippen LogP contribution in [0.15, 0.2) is 0 Å². The predicted octanol–water partition coefficient (Wildman–Crippen LogP) is 2.27. The maximum atomic E-state index is 11.0. The first-order valence-corrected chi connectivity index (χ1v) is 4.58. The van der Waals surface area contributed by atoms with Crippen molar-refractivity contribution in [2.24, 2.45) is 5.41 Å². The van der Waals surface area contributed by atoms with Crippen molar-refractivity contribution in [1.29, 1.82) is 5.26 Å². The molecule has 0 rings (SSSR count). The van der Waals surface area contributed by atoms with Gasteiger partial charge in [-0.1, -0.05) is 13.3 Å². The number of hydrogen-bond acceptors (Lipinski definition) is 3. The van der Waals surface area contributed by atoms with Crippen LogP contribution in [0.2, 0.25) is 0 Å². The fraction of sp³-hybridized carbons (Fsp3) is 0.800.